The molecule has 6 aromatic carbocycles. The lowest BCUT2D eigenvalue weighted by molar-refractivity contribution is -0.129. The fourth-order valence-corrected chi connectivity index (χ4v) is 8.92. The number of hydrogen-bond donors (Lipinski definition) is 0. The summed E-state index contributed by atoms with van der Waals surface area (Å²) in [4.78, 5) is 73.3. The number of carbonyl (C=O) groups excluding carboxylic acids is 4. The summed E-state index contributed by atoms with van der Waals surface area (Å²) >= 11 is 0. The summed E-state index contributed by atoms with van der Waals surface area (Å²) in [7, 11) is 0. The molecule has 0 N–H and O–H groups in total. The summed E-state index contributed by atoms with van der Waals surface area (Å²) in [5.41, 5.74) is 1.54. The molecule has 0 bridgehead atoms. The van der Waals surface area contributed by atoms with Crippen LogP contribution in [0.5, 0.6) is 0 Å². The maximum atomic E-state index is 14.2. The number of benzene rings is 6. The number of nitrogens with zero attached hydrogens (tertiary/aromatic N) is 5. The first-order chi connectivity index (χ1) is 29.0. The summed E-state index contributed by atoms with van der Waals surface area (Å²) in [5.74, 6) is -2.39. The van der Waals surface area contributed by atoms with Crippen molar-refractivity contribution in [3.05, 3.63) is 115 Å². The van der Waals surface area contributed by atoms with Crippen molar-refractivity contribution in [1.82, 2.24) is 15.0 Å². The second-order valence-electron chi connectivity index (χ2n) is 18.3. The third-order valence-corrected chi connectivity index (χ3v) is 14.1. The van der Waals surface area contributed by atoms with Gasteiger partial charge in [0.1, 0.15) is 11.2 Å². The molecule has 0 atom stereocenters. The third kappa shape index (κ3) is 5.05. The van der Waals surface area contributed by atoms with Crippen LogP contribution in [0.2, 0.25) is 0 Å². The highest BCUT2D eigenvalue weighted by Gasteiger charge is 2.62. The van der Waals surface area contributed by atoms with Gasteiger partial charge in [-0.25, -0.2) is 9.80 Å². The van der Waals surface area contributed by atoms with Crippen molar-refractivity contribution in [2.75, 3.05) is 9.80 Å². The SMILES string of the molecule is CC1(C)C(=O)N(c2nc(-c3c4ccccc4c(-c4cccc5c4oc4c(-c6ccccc6)cccc45)c4ccccc34)nc(N3C(=O)C(C)(C)C(C)(C)C3=O)n2)C(=O)C1(C)C. The molecule has 0 radical (unpaired) electrons. The average Bonchev–Trinajstić information content (AvgIpc) is 3.73. The first-order valence-corrected chi connectivity index (χ1v) is 20.5. The molecule has 2 aliphatic rings. The minimum Gasteiger partial charge on any atom is -0.455 e. The molecule has 0 saturated carbocycles. The van der Waals surface area contributed by atoms with Crippen molar-refractivity contribution < 1.29 is 23.6 Å². The van der Waals surface area contributed by atoms with Gasteiger partial charge in [0, 0.05) is 33.0 Å². The zero-order valence-electron chi connectivity index (χ0n) is 35.2. The highest BCUT2D eigenvalue weighted by atomic mass is 16.3. The number of amides is 4. The van der Waals surface area contributed by atoms with Crippen molar-refractivity contribution in [3.8, 4) is 33.6 Å². The van der Waals surface area contributed by atoms with E-state index >= 15 is 0 Å². The van der Waals surface area contributed by atoms with E-state index in [0.717, 1.165) is 75.5 Å². The lowest BCUT2D eigenvalue weighted by Gasteiger charge is -2.28. The number of para-hydroxylation sites is 2. The van der Waals surface area contributed by atoms with Gasteiger partial charge in [0.05, 0.1) is 21.7 Å². The minimum absolute atomic E-state index is 0.0969. The van der Waals surface area contributed by atoms with Crippen LogP contribution in [-0.2, 0) is 19.2 Å². The van der Waals surface area contributed by atoms with Gasteiger partial charge in [-0.15, -0.1) is 0 Å². The van der Waals surface area contributed by atoms with Crippen molar-refractivity contribution in [1.29, 1.82) is 0 Å². The van der Waals surface area contributed by atoms with Crippen molar-refractivity contribution in [2.45, 2.75) is 55.4 Å². The van der Waals surface area contributed by atoms with E-state index in [9.17, 15) is 19.2 Å². The van der Waals surface area contributed by atoms with E-state index in [2.05, 4.69) is 47.4 Å². The number of furan rings is 1. The van der Waals surface area contributed by atoms with E-state index in [1.165, 1.54) is 0 Å². The zero-order chi connectivity index (χ0) is 43.0. The van der Waals surface area contributed by atoms with Crippen LogP contribution in [0, 0.1) is 21.7 Å². The molecule has 10 nitrogen and oxygen atoms in total. The largest absolute Gasteiger partial charge is 0.455 e. The number of anilines is 2. The molecular formula is C51H43N5O5. The number of rotatable bonds is 5. The molecule has 61 heavy (non-hydrogen) atoms. The predicted molar refractivity (Wildman–Crippen MR) is 239 cm³/mol. The van der Waals surface area contributed by atoms with Crippen molar-refractivity contribution in [3.63, 3.8) is 0 Å². The molecule has 2 aliphatic heterocycles. The Labute approximate surface area is 352 Å². The van der Waals surface area contributed by atoms with Crippen LogP contribution < -0.4 is 9.80 Å². The van der Waals surface area contributed by atoms with Crippen LogP contribution in [0.25, 0.3) is 77.1 Å². The van der Waals surface area contributed by atoms with E-state index in [1.54, 1.807) is 55.4 Å². The second-order valence-corrected chi connectivity index (χ2v) is 18.3. The fourth-order valence-electron chi connectivity index (χ4n) is 8.92. The van der Waals surface area contributed by atoms with E-state index in [0.29, 0.717) is 5.56 Å². The van der Waals surface area contributed by atoms with Gasteiger partial charge < -0.3 is 4.42 Å². The first-order valence-electron chi connectivity index (χ1n) is 20.5. The Hall–Kier alpha value is -7.07. The molecule has 2 fully saturated rings. The number of aromatic nitrogens is 3. The lowest BCUT2D eigenvalue weighted by Crippen LogP contribution is -2.37. The van der Waals surface area contributed by atoms with Gasteiger partial charge in [-0.05, 0) is 82.5 Å². The fraction of sp³-hybridized carbons (Fsp3) is 0.235. The van der Waals surface area contributed by atoms with Gasteiger partial charge >= 0.3 is 0 Å². The van der Waals surface area contributed by atoms with Crippen molar-refractivity contribution in [2.24, 2.45) is 21.7 Å². The molecular weight excluding hydrogens is 763 g/mol. The molecule has 10 heteroatoms. The summed E-state index contributed by atoms with van der Waals surface area (Å²) in [6, 6.07) is 38.4. The maximum Gasteiger partial charge on any atom is 0.244 e. The molecule has 0 spiro atoms. The molecule has 8 aromatic rings. The Bertz CT molecular complexity index is 3070. The van der Waals surface area contributed by atoms with Crippen molar-refractivity contribution >= 4 is 79.0 Å². The molecule has 4 amide bonds. The third-order valence-electron chi connectivity index (χ3n) is 14.1. The molecule has 10 rings (SSSR count). The Kier molecular flexibility index (Phi) is 7.96. The monoisotopic (exact) mass is 805 g/mol. The Morgan fingerprint density at radius 1 is 0.393 bits per heavy atom. The molecule has 0 aliphatic carbocycles. The first kappa shape index (κ1) is 38.2. The van der Waals surface area contributed by atoms with Gasteiger partial charge in [0.2, 0.25) is 35.5 Å². The summed E-state index contributed by atoms with van der Waals surface area (Å²) < 4.78 is 6.92. The standard InChI is InChI=1S/C51H43N5O5/c1-48(2)42(57)55(43(58)49(48,3)4)46-52-41(53-47(54-46)56-44(59)50(5,6)51(7,8)45(56)60)38-32-22-14-12-20-30(32)37(31-21-13-15-23-33(31)38)36-27-17-26-35-34-25-16-24-29(39(34)61-40(35)36)28-18-10-9-11-19-28/h9-27H,1-8H3. The number of imide groups is 2. The Morgan fingerprint density at radius 2 is 0.754 bits per heavy atom. The van der Waals surface area contributed by atoms with Gasteiger partial charge in [0.25, 0.3) is 0 Å². The van der Waals surface area contributed by atoms with Gasteiger partial charge in [-0.1, -0.05) is 115 Å². The lowest BCUT2D eigenvalue weighted by atomic mass is 9.70. The van der Waals surface area contributed by atoms with Crippen LogP contribution in [0.1, 0.15) is 55.4 Å². The summed E-state index contributed by atoms with van der Waals surface area (Å²) in [6.07, 6.45) is 0. The topological polar surface area (TPSA) is 127 Å². The Morgan fingerprint density at radius 3 is 1.20 bits per heavy atom. The van der Waals surface area contributed by atoms with Gasteiger partial charge in [0.15, 0.2) is 5.82 Å². The predicted octanol–water partition coefficient (Wildman–Crippen LogP) is 10.9. The quantitative estimate of drug-likeness (QED) is 0.124. The number of hydrogen-bond acceptors (Lipinski definition) is 8. The Balaban J connectivity index is 1.27. The summed E-state index contributed by atoms with van der Waals surface area (Å²) in [5, 5.41) is 5.23. The molecule has 0 unspecified atom stereocenters. The van der Waals surface area contributed by atoms with E-state index < -0.39 is 45.3 Å². The molecule has 4 heterocycles. The smallest absolute Gasteiger partial charge is 0.244 e. The van der Waals surface area contributed by atoms with E-state index in [1.807, 2.05) is 72.8 Å². The molecule has 2 aromatic heterocycles. The maximum absolute atomic E-state index is 14.2. The molecule has 302 valence electrons. The van der Waals surface area contributed by atoms with Gasteiger partial charge in [-0.3, -0.25) is 19.2 Å². The normalized spacial score (nSPS) is 18.1. The number of fused-ring (bicyclic) bond motifs is 5. The molecule has 2 saturated heterocycles. The average molecular weight is 806 g/mol. The zero-order valence-corrected chi connectivity index (χ0v) is 35.2. The van der Waals surface area contributed by atoms with E-state index in [4.69, 9.17) is 14.4 Å². The highest BCUT2D eigenvalue weighted by molar-refractivity contribution is 6.27. The summed E-state index contributed by atoms with van der Waals surface area (Å²) in [6.45, 7) is 13.8. The van der Waals surface area contributed by atoms with Crippen LogP contribution in [0.4, 0.5) is 11.9 Å². The van der Waals surface area contributed by atoms with Crippen LogP contribution in [0.3, 0.4) is 0 Å². The second kappa shape index (κ2) is 12.7. The minimum atomic E-state index is -1.11. The van der Waals surface area contributed by atoms with Crippen LogP contribution in [0.15, 0.2) is 120 Å². The van der Waals surface area contributed by atoms with Crippen LogP contribution in [-0.4, -0.2) is 38.6 Å². The highest BCUT2D eigenvalue weighted by Crippen LogP contribution is 2.52. The van der Waals surface area contributed by atoms with Gasteiger partial charge in [-0.2, -0.15) is 15.0 Å². The number of carbonyl (C=O) groups is 4. The van der Waals surface area contributed by atoms with E-state index in [-0.39, 0.29) is 17.7 Å². The van der Waals surface area contributed by atoms with Crippen LogP contribution >= 0.6 is 0 Å².